The SMILES string of the molecule is CCOc1ccc(CC2(CO)CC2)cc1F. The fraction of sp³-hybridized carbons (Fsp3) is 0.538. The molecule has 0 heterocycles. The third-order valence-corrected chi connectivity index (χ3v) is 3.17. The maximum absolute atomic E-state index is 13.5. The molecule has 0 unspecified atom stereocenters. The number of halogens is 1. The van der Waals surface area contributed by atoms with Crippen LogP contribution in [0.5, 0.6) is 5.75 Å². The lowest BCUT2D eigenvalue weighted by molar-refractivity contribution is 0.211. The molecule has 1 fully saturated rings. The van der Waals surface area contributed by atoms with E-state index in [1.807, 2.05) is 13.0 Å². The first-order valence-corrected chi connectivity index (χ1v) is 5.71. The van der Waals surface area contributed by atoms with Gasteiger partial charge in [0.05, 0.1) is 6.61 Å². The molecule has 0 saturated heterocycles. The molecule has 0 spiro atoms. The van der Waals surface area contributed by atoms with E-state index < -0.39 is 0 Å². The molecule has 1 aromatic rings. The summed E-state index contributed by atoms with van der Waals surface area (Å²) in [6.07, 6.45) is 2.84. The summed E-state index contributed by atoms with van der Waals surface area (Å²) in [5.41, 5.74) is 0.965. The summed E-state index contributed by atoms with van der Waals surface area (Å²) in [7, 11) is 0. The first-order valence-electron chi connectivity index (χ1n) is 5.71. The molecule has 1 aliphatic rings. The van der Waals surface area contributed by atoms with Crippen molar-refractivity contribution in [1.82, 2.24) is 0 Å². The highest BCUT2D eigenvalue weighted by Gasteiger charge is 2.41. The molecule has 1 aromatic carbocycles. The topological polar surface area (TPSA) is 29.5 Å². The molecule has 0 aliphatic heterocycles. The highest BCUT2D eigenvalue weighted by molar-refractivity contribution is 5.30. The van der Waals surface area contributed by atoms with Crippen LogP contribution in [0.1, 0.15) is 25.3 Å². The highest BCUT2D eigenvalue weighted by atomic mass is 19.1. The second kappa shape index (κ2) is 4.42. The van der Waals surface area contributed by atoms with E-state index in [9.17, 15) is 9.50 Å². The predicted molar refractivity (Wildman–Crippen MR) is 60.0 cm³/mol. The zero-order valence-electron chi connectivity index (χ0n) is 9.50. The van der Waals surface area contributed by atoms with Crippen LogP contribution in [0.3, 0.4) is 0 Å². The van der Waals surface area contributed by atoms with Crippen LogP contribution < -0.4 is 4.74 Å². The van der Waals surface area contributed by atoms with Gasteiger partial charge in [-0.15, -0.1) is 0 Å². The average molecular weight is 224 g/mol. The predicted octanol–water partition coefficient (Wildman–Crippen LogP) is 2.54. The molecular formula is C13H17FO2. The lowest BCUT2D eigenvalue weighted by Crippen LogP contribution is -2.10. The maximum Gasteiger partial charge on any atom is 0.165 e. The normalized spacial score (nSPS) is 17.2. The summed E-state index contributed by atoms with van der Waals surface area (Å²) in [5.74, 6) is -0.00631. The first-order chi connectivity index (χ1) is 7.69. The van der Waals surface area contributed by atoms with Crippen molar-refractivity contribution in [2.24, 2.45) is 5.41 Å². The molecule has 0 radical (unpaired) electrons. The lowest BCUT2D eigenvalue weighted by Gasteiger charge is -2.12. The number of aliphatic hydroxyl groups excluding tert-OH is 1. The molecule has 1 N–H and O–H groups in total. The summed E-state index contributed by atoms with van der Waals surface area (Å²) in [4.78, 5) is 0. The van der Waals surface area contributed by atoms with Gasteiger partial charge in [0.1, 0.15) is 0 Å². The third-order valence-electron chi connectivity index (χ3n) is 3.17. The fourth-order valence-electron chi connectivity index (χ4n) is 1.93. The minimum absolute atomic E-state index is 0.0274. The smallest absolute Gasteiger partial charge is 0.165 e. The summed E-state index contributed by atoms with van der Waals surface area (Å²) in [5, 5.41) is 9.21. The van der Waals surface area contributed by atoms with Gasteiger partial charge in [0.25, 0.3) is 0 Å². The van der Waals surface area contributed by atoms with Crippen molar-refractivity contribution < 1.29 is 14.2 Å². The maximum atomic E-state index is 13.5. The third kappa shape index (κ3) is 2.35. The van der Waals surface area contributed by atoms with Crippen molar-refractivity contribution in [3.05, 3.63) is 29.6 Å². The minimum Gasteiger partial charge on any atom is -0.491 e. The number of hydrogen-bond donors (Lipinski definition) is 1. The number of hydrogen-bond acceptors (Lipinski definition) is 2. The Morgan fingerprint density at radius 2 is 2.19 bits per heavy atom. The molecule has 0 amide bonds. The van der Waals surface area contributed by atoms with Crippen molar-refractivity contribution in [1.29, 1.82) is 0 Å². The molecule has 2 nitrogen and oxygen atoms in total. The molecule has 0 bridgehead atoms. The van der Waals surface area contributed by atoms with Crippen molar-refractivity contribution in [2.45, 2.75) is 26.2 Å². The van der Waals surface area contributed by atoms with Crippen molar-refractivity contribution in [3.63, 3.8) is 0 Å². The summed E-state index contributed by atoms with van der Waals surface area (Å²) < 4.78 is 18.7. The molecular weight excluding hydrogens is 207 g/mol. The van der Waals surface area contributed by atoms with Crippen LogP contribution in [0.2, 0.25) is 0 Å². The Balaban J connectivity index is 2.09. The van der Waals surface area contributed by atoms with Gasteiger partial charge in [-0.3, -0.25) is 0 Å². The van der Waals surface area contributed by atoms with Crippen LogP contribution in [0.25, 0.3) is 0 Å². The van der Waals surface area contributed by atoms with Crippen LogP contribution in [-0.2, 0) is 6.42 Å². The quantitative estimate of drug-likeness (QED) is 0.832. The van der Waals surface area contributed by atoms with Crippen LogP contribution >= 0.6 is 0 Å². The summed E-state index contributed by atoms with van der Waals surface area (Å²) in [6.45, 7) is 2.50. The Hall–Kier alpha value is -1.09. The summed E-state index contributed by atoms with van der Waals surface area (Å²) >= 11 is 0. The monoisotopic (exact) mass is 224 g/mol. The van der Waals surface area contributed by atoms with Gasteiger partial charge in [-0.1, -0.05) is 6.07 Å². The average Bonchev–Trinajstić information content (AvgIpc) is 3.03. The Labute approximate surface area is 95.1 Å². The number of rotatable bonds is 5. The molecule has 3 heteroatoms. The fourth-order valence-corrected chi connectivity index (χ4v) is 1.93. The molecule has 0 aromatic heterocycles. The first kappa shape index (κ1) is 11.4. The van der Waals surface area contributed by atoms with Gasteiger partial charge in [-0.2, -0.15) is 0 Å². The Bertz CT molecular complexity index is 372. The highest BCUT2D eigenvalue weighted by Crippen LogP contribution is 2.47. The van der Waals surface area contributed by atoms with Gasteiger partial charge in [0.2, 0.25) is 0 Å². The molecule has 1 saturated carbocycles. The second-order valence-electron chi connectivity index (χ2n) is 4.53. The lowest BCUT2D eigenvalue weighted by atomic mass is 9.97. The molecule has 16 heavy (non-hydrogen) atoms. The van der Waals surface area contributed by atoms with Crippen LogP contribution in [0.15, 0.2) is 18.2 Å². The number of aliphatic hydroxyl groups is 1. The van der Waals surface area contributed by atoms with Gasteiger partial charge in [-0.25, -0.2) is 4.39 Å². The van der Waals surface area contributed by atoms with Crippen molar-refractivity contribution in [2.75, 3.05) is 13.2 Å². The molecule has 88 valence electrons. The van der Waals surface area contributed by atoms with Crippen LogP contribution in [0.4, 0.5) is 4.39 Å². The molecule has 0 atom stereocenters. The van der Waals surface area contributed by atoms with Gasteiger partial charge in [0, 0.05) is 6.61 Å². The van der Waals surface area contributed by atoms with Crippen molar-refractivity contribution in [3.8, 4) is 5.75 Å². The van der Waals surface area contributed by atoms with Crippen molar-refractivity contribution >= 4 is 0 Å². The van der Waals surface area contributed by atoms with Crippen LogP contribution in [-0.4, -0.2) is 18.3 Å². The largest absolute Gasteiger partial charge is 0.491 e. The number of benzene rings is 1. The van der Waals surface area contributed by atoms with E-state index in [1.54, 1.807) is 6.07 Å². The van der Waals surface area contributed by atoms with Gasteiger partial charge >= 0.3 is 0 Å². The zero-order chi connectivity index (χ0) is 11.6. The Morgan fingerprint density at radius 3 is 2.69 bits per heavy atom. The second-order valence-corrected chi connectivity index (χ2v) is 4.53. The zero-order valence-corrected chi connectivity index (χ0v) is 9.50. The molecule has 1 aliphatic carbocycles. The number of ether oxygens (including phenoxy) is 1. The van der Waals surface area contributed by atoms with E-state index in [2.05, 4.69) is 0 Å². The van der Waals surface area contributed by atoms with Crippen LogP contribution in [0, 0.1) is 11.2 Å². The Kier molecular flexibility index (Phi) is 3.15. The van der Waals surface area contributed by atoms with E-state index in [-0.39, 0.29) is 17.8 Å². The minimum atomic E-state index is -0.312. The standard InChI is InChI=1S/C13H17FO2/c1-2-16-12-4-3-10(7-11(12)14)8-13(9-15)5-6-13/h3-4,7,15H,2,5-6,8-9H2,1H3. The Morgan fingerprint density at radius 1 is 1.44 bits per heavy atom. The van der Waals surface area contributed by atoms with Gasteiger partial charge in [-0.05, 0) is 49.3 Å². The molecule has 2 rings (SSSR count). The van der Waals surface area contributed by atoms with E-state index in [4.69, 9.17) is 4.74 Å². The van der Waals surface area contributed by atoms with Gasteiger partial charge < -0.3 is 9.84 Å². The van der Waals surface area contributed by atoms with E-state index in [0.29, 0.717) is 12.4 Å². The van der Waals surface area contributed by atoms with E-state index in [1.165, 1.54) is 6.07 Å². The van der Waals surface area contributed by atoms with Gasteiger partial charge in [0.15, 0.2) is 11.6 Å². The van der Waals surface area contributed by atoms with E-state index in [0.717, 1.165) is 24.8 Å². The van der Waals surface area contributed by atoms with E-state index >= 15 is 0 Å². The summed E-state index contributed by atoms with van der Waals surface area (Å²) in [6, 6.07) is 5.06.